The normalized spacial score (nSPS) is 22.7. The van der Waals surface area contributed by atoms with Crippen LogP contribution < -0.4 is 0 Å². The highest BCUT2D eigenvalue weighted by Gasteiger charge is 2.52. The van der Waals surface area contributed by atoms with Gasteiger partial charge < -0.3 is 28.8 Å². The molecule has 1 fully saturated rings. The molecule has 1 heterocycles. The van der Waals surface area contributed by atoms with E-state index in [0.717, 1.165) is 12.5 Å². The van der Waals surface area contributed by atoms with Crippen LogP contribution in [0, 0.1) is 0 Å². The fourth-order valence-corrected chi connectivity index (χ4v) is 4.42. The van der Waals surface area contributed by atoms with Crippen molar-refractivity contribution < 1.29 is 48.0 Å². The molecule has 0 saturated carbocycles. The molecule has 10 nitrogen and oxygen atoms in total. The highest BCUT2D eigenvalue weighted by molar-refractivity contribution is 6.31. The first-order valence-corrected chi connectivity index (χ1v) is 12.2. The first kappa shape index (κ1) is 28.9. The first-order chi connectivity index (χ1) is 17.9. The van der Waals surface area contributed by atoms with E-state index >= 15 is 0 Å². The molecule has 2 aromatic carbocycles. The van der Waals surface area contributed by atoms with Crippen molar-refractivity contribution in [3.05, 3.63) is 64.2 Å². The van der Waals surface area contributed by atoms with Gasteiger partial charge in [-0.3, -0.25) is 19.2 Å². The van der Waals surface area contributed by atoms with Crippen molar-refractivity contribution in [2.75, 3.05) is 6.61 Å². The molecule has 0 aliphatic carbocycles. The van der Waals surface area contributed by atoms with Gasteiger partial charge in [0.05, 0.1) is 0 Å². The molecule has 204 valence electrons. The Morgan fingerprint density at radius 1 is 0.816 bits per heavy atom. The second-order valence-electron chi connectivity index (χ2n) is 8.81. The number of carbonyl (C=O) groups is 4. The number of phenolic OH excluding ortho intramolecular Hbond substituents is 1. The summed E-state index contributed by atoms with van der Waals surface area (Å²) in [5, 5.41) is 10.0. The molecule has 1 N–H and O–H groups in total. The van der Waals surface area contributed by atoms with Gasteiger partial charge in [0.2, 0.25) is 0 Å². The average molecular weight is 549 g/mol. The van der Waals surface area contributed by atoms with Gasteiger partial charge in [0.1, 0.15) is 24.6 Å². The number of hydrogen-bond acceptors (Lipinski definition) is 10. The summed E-state index contributed by atoms with van der Waals surface area (Å²) in [5.74, 6) is -2.56. The van der Waals surface area contributed by atoms with Crippen LogP contribution in [0.2, 0.25) is 5.02 Å². The fraction of sp³-hybridized carbons (Fsp3) is 0.407. The highest BCUT2D eigenvalue weighted by Crippen LogP contribution is 2.39. The second kappa shape index (κ2) is 12.7. The summed E-state index contributed by atoms with van der Waals surface area (Å²) in [6, 6.07) is 11.7. The Bertz CT molecular complexity index is 1180. The Morgan fingerprint density at radius 3 is 1.97 bits per heavy atom. The summed E-state index contributed by atoms with van der Waals surface area (Å²) in [4.78, 5) is 47.6. The summed E-state index contributed by atoms with van der Waals surface area (Å²) >= 11 is 6.47. The Labute approximate surface area is 224 Å². The quantitative estimate of drug-likeness (QED) is 0.386. The number of esters is 4. The third-order valence-electron chi connectivity index (χ3n) is 5.72. The average Bonchev–Trinajstić information content (AvgIpc) is 2.82. The minimum absolute atomic E-state index is 0.131. The summed E-state index contributed by atoms with van der Waals surface area (Å²) < 4.78 is 27.8. The molecule has 0 bridgehead atoms. The Balaban J connectivity index is 2.06. The summed E-state index contributed by atoms with van der Waals surface area (Å²) in [6.45, 7) is 4.41. The minimum Gasteiger partial charge on any atom is -0.508 e. The van der Waals surface area contributed by atoms with Crippen LogP contribution in [-0.2, 0) is 49.3 Å². The van der Waals surface area contributed by atoms with Crippen LogP contribution in [0.4, 0.5) is 0 Å². The monoisotopic (exact) mass is 548 g/mol. The largest absolute Gasteiger partial charge is 0.508 e. The van der Waals surface area contributed by atoms with E-state index in [2.05, 4.69) is 0 Å². The maximum atomic E-state index is 12.1. The zero-order valence-electron chi connectivity index (χ0n) is 21.3. The van der Waals surface area contributed by atoms with Crippen LogP contribution in [-0.4, -0.2) is 60.0 Å². The molecular formula is C27H29ClO10. The number of aromatic hydroxyl groups is 1. The SMILES string of the molecule is CC(=O)OC[C@H]1OC(c2ccc(Cl)c(Cc3ccc(O)cc3)c2)[C@H](OC(C)=O)C(OC(C)=O)[C@@H]1OC(C)=O. The predicted molar refractivity (Wildman–Crippen MR) is 133 cm³/mol. The number of ether oxygens (including phenoxy) is 5. The highest BCUT2D eigenvalue weighted by atomic mass is 35.5. The van der Waals surface area contributed by atoms with E-state index in [4.69, 9.17) is 35.3 Å². The van der Waals surface area contributed by atoms with Gasteiger partial charge in [-0.1, -0.05) is 35.9 Å². The molecule has 11 heteroatoms. The molecule has 0 radical (unpaired) electrons. The van der Waals surface area contributed by atoms with Crippen molar-refractivity contribution in [3.8, 4) is 5.75 Å². The van der Waals surface area contributed by atoms with E-state index in [1.54, 1.807) is 42.5 Å². The zero-order chi connectivity index (χ0) is 28.0. The smallest absolute Gasteiger partial charge is 0.303 e. The van der Waals surface area contributed by atoms with Crippen molar-refractivity contribution in [2.24, 2.45) is 0 Å². The van der Waals surface area contributed by atoms with Crippen molar-refractivity contribution in [1.29, 1.82) is 0 Å². The topological polar surface area (TPSA) is 135 Å². The molecule has 38 heavy (non-hydrogen) atoms. The first-order valence-electron chi connectivity index (χ1n) is 11.8. The van der Waals surface area contributed by atoms with E-state index in [0.29, 0.717) is 22.6 Å². The van der Waals surface area contributed by atoms with Gasteiger partial charge in [0.25, 0.3) is 0 Å². The fourth-order valence-electron chi connectivity index (χ4n) is 4.24. The molecule has 0 spiro atoms. The molecule has 2 unspecified atom stereocenters. The lowest BCUT2D eigenvalue weighted by Gasteiger charge is -2.44. The molecule has 1 aliphatic rings. The van der Waals surface area contributed by atoms with Gasteiger partial charge in [-0.15, -0.1) is 0 Å². The van der Waals surface area contributed by atoms with E-state index in [-0.39, 0.29) is 12.4 Å². The zero-order valence-corrected chi connectivity index (χ0v) is 22.1. The maximum Gasteiger partial charge on any atom is 0.303 e. The lowest BCUT2D eigenvalue weighted by Crippen LogP contribution is -2.59. The van der Waals surface area contributed by atoms with E-state index < -0.39 is 54.4 Å². The Kier molecular flexibility index (Phi) is 9.71. The predicted octanol–water partition coefficient (Wildman–Crippen LogP) is 3.43. The summed E-state index contributed by atoms with van der Waals surface area (Å²) in [7, 11) is 0. The molecule has 2 aromatic rings. The number of rotatable bonds is 8. The van der Waals surface area contributed by atoms with Crippen LogP contribution in [0.15, 0.2) is 42.5 Å². The van der Waals surface area contributed by atoms with Gasteiger partial charge in [0.15, 0.2) is 18.3 Å². The maximum absolute atomic E-state index is 12.1. The molecule has 5 atom stereocenters. The second-order valence-corrected chi connectivity index (χ2v) is 9.22. The van der Waals surface area contributed by atoms with E-state index in [1.807, 2.05) is 0 Å². The standard InChI is InChI=1S/C27H29ClO10/c1-14(29)34-13-23-25(35-15(2)30)27(37-17(4)32)26(36-16(3)31)24(38-23)19-7-10-22(28)20(12-19)11-18-5-8-21(33)9-6-18/h5-10,12,23-27,33H,11,13H2,1-4H3/t23-,24?,25-,26+,27?/m1/s1. The summed E-state index contributed by atoms with van der Waals surface area (Å²) in [5.41, 5.74) is 2.12. The van der Waals surface area contributed by atoms with Gasteiger partial charge >= 0.3 is 23.9 Å². The third-order valence-corrected chi connectivity index (χ3v) is 6.09. The van der Waals surface area contributed by atoms with Crippen molar-refractivity contribution in [3.63, 3.8) is 0 Å². The van der Waals surface area contributed by atoms with Crippen LogP contribution >= 0.6 is 11.6 Å². The summed E-state index contributed by atoms with van der Waals surface area (Å²) in [6.07, 6.45) is -5.36. The number of halogens is 1. The van der Waals surface area contributed by atoms with Gasteiger partial charge in [-0.2, -0.15) is 0 Å². The van der Waals surface area contributed by atoms with Crippen molar-refractivity contribution in [2.45, 2.75) is 64.6 Å². The van der Waals surface area contributed by atoms with E-state index in [9.17, 15) is 24.3 Å². The molecule has 0 amide bonds. The number of benzene rings is 2. The Hall–Kier alpha value is -3.63. The van der Waals surface area contributed by atoms with Gasteiger partial charge in [0, 0.05) is 32.7 Å². The molecule has 1 aliphatic heterocycles. The molecule has 3 rings (SSSR count). The van der Waals surface area contributed by atoms with Crippen LogP contribution in [0.5, 0.6) is 5.75 Å². The number of hydrogen-bond donors (Lipinski definition) is 1. The van der Waals surface area contributed by atoms with Crippen LogP contribution in [0.25, 0.3) is 0 Å². The minimum atomic E-state index is -1.27. The lowest BCUT2D eigenvalue weighted by molar-refractivity contribution is -0.254. The molecule has 0 aromatic heterocycles. The van der Waals surface area contributed by atoms with Crippen LogP contribution in [0.3, 0.4) is 0 Å². The van der Waals surface area contributed by atoms with Crippen molar-refractivity contribution in [1.82, 2.24) is 0 Å². The number of carbonyl (C=O) groups excluding carboxylic acids is 4. The van der Waals surface area contributed by atoms with Crippen molar-refractivity contribution >= 4 is 35.5 Å². The van der Waals surface area contributed by atoms with Gasteiger partial charge in [-0.05, 0) is 41.3 Å². The molecule has 1 saturated heterocycles. The number of phenols is 1. The van der Waals surface area contributed by atoms with Gasteiger partial charge in [-0.25, -0.2) is 0 Å². The third kappa shape index (κ3) is 7.69. The Morgan fingerprint density at radius 2 is 1.39 bits per heavy atom. The molecular weight excluding hydrogens is 520 g/mol. The lowest BCUT2D eigenvalue weighted by atomic mass is 9.89. The van der Waals surface area contributed by atoms with Crippen LogP contribution in [0.1, 0.15) is 50.5 Å². The van der Waals surface area contributed by atoms with E-state index in [1.165, 1.54) is 20.8 Å².